The van der Waals surface area contributed by atoms with Gasteiger partial charge in [0.15, 0.2) is 5.13 Å². The van der Waals surface area contributed by atoms with Crippen LogP contribution < -0.4 is 5.32 Å². The largest absolute Gasteiger partial charge is 0.361 e. The van der Waals surface area contributed by atoms with Crippen LogP contribution in [-0.2, 0) is 0 Å². The van der Waals surface area contributed by atoms with Crippen molar-refractivity contribution in [2.45, 2.75) is 26.7 Å². The molecule has 1 fully saturated rings. The van der Waals surface area contributed by atoms with Crippen LogP contribution in [0.4, 0.5) is 5.13 Å². The van der Waals surface area contributed by atoms with Gasteiger partial charge in [-0.2, -0.15) is 0 Å². The van der Waals surface area contributed by atoms with Gasteiger partial charge in [0.25, 0.3) is 0 Å². The second-order valence-electron chi connectivity index (χ2n) is 5.75. The van der Waals surface area contributed by atoms with Gasteiger partial charge in [-0.05, 0) is 63.0 Å². The highest BCUT2D eigenvalue weighted by Gasteiger charge is 2.18. The highest BCUT2D eigenvalue weighted by atomic mass is 32.1. The summed E-state index contributed by atoms with van der Waals surface area (Å²) in [6.45, 7) is 9.13. The maximum absolute atomic E-state index is 4.69. The average Bonchev–Trinajstić information content (AvgIpc) is 2.87. The van der Waals surface area contributed by atoms with Crippen LogP contribution in [-0.4, -0.2) is 36.1 Å². The predicted octanol–water partition coefficient (Wildman–Crippen LogP) is 3.75. The third-order valence-corrected chi connectivity index (χ3v) is 5.23. The van der Waals surface area contributed by atoms with Crippen LogP contribution in [0.5, 0.6) is 0 Å². The summed E-state index contributed by atoms with van der Waals surface area (Å²) in [7, 11) is 0. The Hall–Kier alpha value is -1.13. The summed E-state index contributed by atoms with van der Waals surface area (Å²) in [5, 5.41) is 4.62. The minimum absolute atomic E-state index is 0.798. The van der Waals surface area contributed by atoms with E-state index in [0.29, 0.717) is 0 Å². The van der Waals surface area contributed by atoms with Gasteiger partial charge in [0.2, 0.25) is 0 Å². The number of aromatic nitrogens is 1. The fourth-order valence-corrected chi connectivity index (χ4v) is 3.70. The molecule has 20 heavy (non-hydrogen) atoms. The fourth-order valence-electron chi connectivity index (χ4n) is 2.85. The highest BCUT2D eigenvalue weighted by molar-refractivity contribution is 7.22. The topological polar surface area (TPSA) is 28.2 Å². The van der Waals surface area contributed by atoms with Crippen molar-refractivity contribution in [3.05, 3.63) is 23.8 Å². The summed E-state index contributed by atoms with van der Waals surface area (Å²) < 4.78 is 1.28. The number of hydrogen-bond donors (Lipinski definition) is 1. The molecule has 2 aromatic rings. The van der Waals surface area contributed by atoms with E-state index in [1.54, 1.807) is 11.3 Å². The second kappa shape index (κ2) is 6.10. The lowest BCUT2D eigenvalue weighted by molar-refractivity contribution is 0.198. The van der Waals surface area contributed by atoms with Crippen molar-refractivity contribution >= 4 is 26.7 Å². The molecule has 0 saturated carbocycles. The van der Waals surface area contributed by atoms with Crippen molar-refractivity contribution in [1.29, 1.82) is 0 Å². The van der Waals surface area contributed by atoms with Crippen LogP contribution in [0.2, 0.25) is 0 Å². The number of aryl methyl sites for hydroxylation is 1. The molecule has 3 nitrogen and oxygen atoms in total. The number of anilines is 1. The van der Waals surface area contributed by atoms with Gasteiger partial charge >= 0.3 is 0 Å². The van der Waals surface area contributed by atoms with E-state index < -0.39 is 0 Å². The van der Waals surface area contributed by atoms with Crippen LogP contribution in [0.1, 0.15) is 25.3 Å². The van der Waals surface area contributed by atoms with Crippen LogP contribution >= 0.6 is 11.3 Å². The Morgan fingerprint density at radius 2 is 2.15 bits per heavy atom. The molecule has 0 unspecified atom stereocenters. The normalized spacial score (nSPS) is 17.7. The van der Waals surface area contributed by atoms with Gasteiger partial charge in [-0.1, -0.05) is 24.3 Å². The third kappa shape index (κ3) is 3.13. The number of nitrogens with zero attached hydrogens (tertiary/aromatic N) is 2. The first kappa shape index (κ1) is 13.8. The van der Waals surface area contributed by atoms with Crippen molar-refractivity contribution in [2.75, 3.05) is 31.5 Å². The minimum atomic E-state index is 0.798. The first-order chi connectivity index (χ1) is 9.74. The molecule has 4 heteroatoms. The summed E-state index contributed by atoms with van der Waals surface area (Å²) in [6, 6.07) is 6.49. The monoisotopic (exact) mass is 289 g/mol. The number of benzene rings is 1. The molecule has 1 aliphatic heterocycles. The molecule has 1 aromatic carbocycles. The molecule has 0 radical (unpaired) electrons. The van der Waals surface area contributed by atoms with Crippen molar-refractivity contribution < 1.29 is 0 Å². The van der Waals surface area contributed by atoms with E-state index in [0.717, 1.165) is 23.1 Å². The zero-order valence-electron chi connectivity index (χ0n) is 12.4. The molecular weight excluding hydrogens is 266 g/mol. The maximum Gasteiger partial charge on any atom is 0.183 e. The third-order valence-electron chi connectivity index (χ3n) is 4.24. The van der Waals surface area contributed by atoms with Crippen LogP contribution in [0.25, 0.3) is 10.2 Å². The molecule has 1 aliphatic rings. The number of hydrogen-bond acceptors (Lipinski definition) is 4. The van der Waals surface area contributed by atoms with Crippen molar-refractivity contribution in [3.8, 4) is 0 Å². The first-order valence-corrected chi connectivity index (χ1v) is 8.39. The molecule has 0 bridgehead atoms. The SMILES string of the molecule is CCN1CCC(CNc2nc3cc(C)ccc3s2)CC1. The number of thiazole rings is 1. The second-order valence-corrected chi connectivity index (χ2v) is 6.78. The molecule has 0 aliphatic carbocycles. The maximum atomic E-state index is 4.69. The number of rotatable bonds is 4. The van der Waals surface area contributed by atoms with Crippen molar-refractivity contribution in [3.63, 3.8) is 0 Å². The van der Waals surface area contributed by atoms with E-state index in [2.05, 4.69) is 47.2 Å². The molecule has 2 heterocycles. The molecule has 0 spiro atoms. The zero-order valence-corrected chi connectivity index (χ0v) is 13.2. The van der Waals surface area contributed by atoms with Crippen molar-refractivity contribution in [2.24, 2.45) is 5.92 Å². The summed E-state index contributed by atoms with van der Waals surface area (Å²) >= 11 is 1.77. The standard InChI is InChI=1S/C16H23N3S/c1-3-19-8-6-13(7-9-19)11-17-16-18-14-10-12(2)4-5-15(14)20-16/h4-5,10,13H,3,6-9,11H2,1-2H3,(H,17,18). The Morgan fingerprint density at radius 1 is 1.35 bits per heavy atom. The molecule has 0 amide bonds. The highest BCUT2D eigenvalue weighted by Crippen LogP contribution is 2.27. The van der Waals surface area contributed by atoms with E-state index in [4.69, 9.17) is 0 Å². The smallest absolute Gasteiger partial charge is 0.183 e. The summed E-state index contributed by atoms with van der Waals surface area (Å²) in [5.74, 6) is 0.798. The van der Waals surface area contributed by atoms with E-state index in [-0.39, 0.29) is 0 Å². The predicted molar refractivity (Wildman–Crippen MR) is 87.7 cm³/mol. The van der Waals surface area contributed by atoms with Crippen molar-refractivity contribution in [1.82, 2.24) is 9.88 Å². The Balaban J connectivity index is 1.57. The number of nitrogens with one attached hydrogen (secondary N) is 1. The Kier molecular flexibility index (Phi) is 4.22. The number of likely N-dealkylation sites (tertiary alicyclic amines) is 1. The lowest BCUT2D eigenvalue weighted by atomic mass is 9.97. The molecule has 3 rings (SSSR count). The van der Waals surface area contributed by atoms with Crippen LogP contribution in [0.15, 0.2) is 18.2 Å². The fraction of sp³-hybridized carbons (Fsp3) is 0.562. The lowest BCUT2D eigenvalue weighted by Crippen LogP contribution is -2.35. The van der Waals surface area contributed by atoms with Gasteiger partial charge in [-0.15, -0.1) is 0 Å². The Morgan fingerprint density at radius 3 is 2.90 bits per heavy atom. The van der Waals surface area contributed by atoms with E-state index in [1.807, 2.05) is 0 Å². The molecule has 0 atom stereocenters. The first-order valence-electron chi connectivity index (χ1n) is 7.58. The minimum Gasteiger partial charge on any atom is -0.361 e. The molecule has 1 N–H and O–H groups in total. The molecule has 108 valence electrons. The van der Waals surface area contributed by atoms with Gasteiger partial charge in [-0.25, -0.2) is 4.98 Å². The summed E-state index contributed by atoms with van der Waals surface area (Å²) in [4.78, 5) is 7.22. The number of piperidine rings is 1. The van der Waals surface area contributed by atoms with E-state index in [9.17, 15) is 0 Å². The van der Waals surface area contributed by atoms with E-state index in [1.165, 1.54) is 42.7 Å². The quantitative estimate of drug-likeness (QED) is 0.929. The average molecular weight is 289 g/mol. The molecule has 1 aromatic heterocycles. The summed E-state index contributed by atoms with van der Waals surface area (Å²) in [6.07, 6.45) is 2.62. The molecular formula is C16H23N3S. The van der Waals surface area contributed by atoms with Gasteiger partial charge in [0.1, 0.15) is 0 Å². The van der Waals surface area contributed by atoms with Gasteiger partial charge in [-0.3, -0.25) is 0 Å². The van der Waals surface area contributed by atoms with Gasteiger partial charge < -0.3 is 10.2 Å². The Bertz CT molecular complexity index is 570. The van der Waals surface area contributed by atoms with Crippen LogP contribution in [0, 0.1) is 12.8 Å². The summed E-state index contributed by atoms with van der Waals surface area (Å²) in [5.41, 5.74) is 2.40. The number of fused-ring (bicyclic) bond motifs is 1. The zero-order chi connectivity index (χ0) is 13.9. The lowest BCUT2D eigenvalue weighted by Gasteiger charge is -2.30. The molecule has 1 saturated heterocycles. The van der Waals surface area contributed by atoms with E-state index >= 15 is 0 Å². The van der Waals surface area contributed by atoms with Gasteiger partial charge in [0, 0.05) is 6.54 Å². The Labute approximate surface area is 125 Å². The van der Waals surface area contributed by atoms with Crippen LogP contribution in [0.3, 0.4) is 0 Å². The van der Waals surface area contributed by atoms with Gasteiger partial charge in [0.05, 0.1) is 10.2 Å².